The van der Waals surface area contributed by atoms with Gasteiger partial charge in [-0.25, -0.2) is 0 Å². The van der Waals surface area contributed by atoms with E-state index in [9.17, 15) is 9.90 Å². The topological polar surface area (TPSA) is 67.8 Å². The normalized spacial score (nSPS) is 26.0. The number of carboxylic acids is 1. The first-order valence-electron chi connectivity index (χ1n) is 6.09. The first kappa shape index (κ1) is 11.3. The van der Waals surface area contributed by atoms with E-state index in [1.54, 1.807) is 0 Å². The largest absolute Gasteiger partial charge is 0.486 e. The highest BCUT2D eigenvalue weighted by molar-refractivity contribution is 5.72. The van der Waals surface area contributed by atoms with Crippen LogP contribution in [0, 0.1) is 5.92 Å². The fourth-order valence-electron chi connectivity index (χ4n) is 2.58. The fraction of sp³-hybridized carbons (Fsp3) is 0.462. The molecule has 0 aliphatic carbocycles. The van der Waals surface area contributed by atoms with Crippen LogP contribution in [0.25, 0.3) is 0 Å². The molecule has 2 N–H and O–H groups in total. The van der Waals surface area contributed by atoms with E-state index in [4.69, 9.17) is 9.47 Å². The average molecular weight is 249 g/mol. The highest BCUT2D eigenvalue weighted by atomic mass is 16.6. The zero-order valence-electron chi connectivity index (χ0n) is 9.89. The quantitative estimate of drug-likeness (QED) is 0.813. The Hall–Kier alpha value is -1.75. The molecule has 2 aliphatic rings. The molecule has 1 aromatic rings. The first-order valence-corrected chi connectivity index (χ1v) is 6.09. The van der Waals surface area contributed by atoms with Crippen LogP contribution in [-0.2, 0) is 4.79 Å². The van der Waals surface area contributed by atoms with Crippen LogP contribution >= 0.6 is 0 Å². The molecule has 0 bridgehead atoms. The van der Waals surface area contributed by atoms with Crippen molar-refractivity contribution in [3.05, 3.63) is 23.8 Å². The van der Waals surface area contributed by atoms with E-state index in [1.165, 1.54) is 0 Å². The molecule has 0 saturated carbocycles. The van der Waals surface area contributed by atoms with E-state index >= 15 is 0 Å². The summed E-state index contributed by atoms with van der Waals surface area (Å²) < 4.78 is 11.0. The summed E-state index contributed by atoms with van der Waals surface area (Å²) in [5.74, 6) is 0.336. The van der Waals surface area contributed by atoms with Gasteiger partial charge < -0.3 is 19.9 Å². The number of aliphatic carboxylic acids is 1. The number of ether oxygens (including phenoxy) is 2. The Morgan fingerprint density at radius 3 is 2.78 bits per heavy atom. The minimum atomic E-state index is -0.750. The van der Waals surface area contributed by atoms with Crippen molar-refractivity contribution in [2.24, 2.45) is 5.92 Å². The molecular formula is C13H15NO4. The number of hydrogen-bond donors (Lipinski definition) is 2. The lowest BCUT2D eigenvalue weighted by Crippen LogP contribution is -2.21. The summed E-state index contributed by atoms with van der Waals surface area (Å²) in [7, 11) is 0. The summed E-state index contributed by atoms with van der Waals surface area (Å²) in [5, 5.41) is 12.3. The number of carbonyl (C=O) groups is 1. The van der Waals surface area contributed by atoms with E-state index in [-0.39, 0.29) is 11.8 Å². The van der Waals surface area contributed by atoms with Crippen LogP contribution in [-0.4, -0.2) is 37.4 Å². The zero-order valence-corrected chi connectivity index (χ0v) is 9.89. The van der Waals surface area contributed by atoms with Crippen molar-refractivity contribution in [1.82, 2.24) is 5.32 Å². The lowest BCUT2D eigenvalue weighted by atomic mass is 9.89. The predicted octanol–water partition coefficient (Wildman–Crippen LogP) is 0.845. The van der Waals surface area contributed by atoms with Gasteiger partial charge in [-0.15, -0.1) is 0 Å². The third kappa shape index (κ3) is 1.90. The molecular weight excluding hydrogens is 234 g/mol. The third-order valence-corrected chi connectivity index (χ3v) is 3.53. The Balaban J connectivity index is 1.90. The number of benzene rings is 1. The van der Waals surface area contributed by atoms with Crippen molar-refractivity contribution in [2.45, 2.75) is 5.92 Å². The summed E-state index contributed by atoms with van der Waals surface area (Å²) in [6.07, 6.45) is 0. The molecule has 96 valence electrons. The van der Waals surface area contributed by atoms with Crippen molar-refractivity contribution in [2.75, 3.05) is 26.3 Å². The van der Waals surface area contributed by atoms with Gasteiger partial charge in [-0.2, -0.15) is 0 Å². The number of rotatable bonds is 2. The van der Waals surface area contributed by atoms with Crippen molar-refractivity contribution in [3.63, 3.8) is 0 Å². The maximum atomic E-state index is 11.2. The molecule has 0 spiro atoms. The molecule has 0 amide bonds. The van der Waals surface area contributed by atoms with Gasteiger partial charge >= 0.3 is 5.97 Å². The van der Waals surface area contributed by atoms with E-state index in [0.29, 0.717) is 26.3 Å². The number of hydrogen-bond acceptors (Lipinski definition) is 4. The number of fused-ring (bicyclic) bond motifs is 1. The van der Waals surface area contributed by atoms with E-state index < -0.39 is 5.97 Å². The molecule has 1 fully saturated rings. The standard InChI is InChI=1S/C13H15NO4/c15-13(16)10-7-14-6-9(10)8-1-2-11-12(5-8)18-4-3-17-11/h1-2,5,9-10,14H,3-4,6-7H2,(H,15,16). The molecule has 5 heteroatoms. The molecule has 5 nitrogen and oxygen atoms in total. The van der Waals surface area contributed by atoms with Crippen molar-refractivity contribution in [1.29, 1.82) is 0 Å². The minimum Gasteiger partial charge on any atom is -0.486 e. The van der Waals surface area contributed by atoms with Gasteiger partial charge in [-0.1, -0.05) is 6.07 Å². The Bertz CT molecular complexity index is 474. The van der Waals surface area contributed by atoms with E-state index in [0.717, 1.165) is 17.1 Å². The molecule has 2 heterocycles. The van der Waals surface area contributed by atoms with Crippen molar-refractivity contribution >= 4 is 5.97 Å². The highest BCUT2D eigenvalue weighted by Crippen LogP contribution is 2.36. The molecule has 0 aromatic heterocycles. The smallest absolute Gasteiger partial charge is 0.308 e. The molecule has 0 radical (unpaired) electrons. The molecule has 2 unspecified atom stereocenters. The van der Waals surface area contributed by atoms with Gasteiger partial charge in [0.2, 0.25) is 0 Å². The number of carboxylic acid groups (broad SMARTS) is 1. The molecule has 1 aromatic carbocycles. The van der Waals surface area contributed by atoms with E-state index in [2.05, 4.69) is 5.32 Å². The molecule has 2 aliphatic heterocycles. The van der Waals surface area contributed by atoms with Gasteiger partial charge in [0.25, 0.3) is 0 Å². The third-order valence-electron chi connectivity index (χ3n) is 3.53. The van der Waals surface area contributed by atoms with Crippen molar-refractivity contribution < 1.29 is 19.4 Å². The molecule has 3 rings (SSSR count). The zero-order chi connectivity index (χ0) is 12.5. The summed E-state index contributed by atoms with van der Waals surface area (Å²) in [6, 6.07) is 5.70. The monoisotopic (exact) mass is 249 g/mol. The molecule has 18 heavy (non-hydrogen) atoms. The maximum absolute atomic E-state index is 11.2. The highest BCUT2D eigenvalue weighted by Gasteiger charge is 2.34. The van der Waals surface area contributed by atoms with Crippen LogP contribution in [0.1, 0.15) is 11.5 Å². The Morgan fingerprint density at radius 1 is 1.22 bits per heavy atom. The number of nitrogens with one attached hydrogen (secondary N) is 1. The van der Waals surface area contributed by atoms with Crippen LogP contribution in [0.3, 0.4) is 0 Å². The Labute approximate surface area is 105 Å². The Morgan fingerprint density at radius 2 is 2.00 bits per heavy atom. The van der Waals surface area contributed by atoms with Gasteiger partial charge in [0.15, 0.2) is 11.5 Å². The van der Waals surface area contributed by atoms with Crippen LogP contribution in [0.2, 0.25) is 0 Å². The van der Waals surface area contributed by atoms with Gasteiger partial charge in [-0.05, 0) is 17.7 Å². The molecule has 2 atom stereocenters. The van der Waals surface area contributed by atoms with E-state index in [1.807, 2.05) is 18.2 Å². The fourth-order valence-corrected chi connectivity index (χ4v) is 2.58. The van der Waals surface area contributed by atoms with Crippen molar-refractivity contribution in [3.8, 4) is 11.5 Å². The first-order chi connectivity index (χ1) is 8.75. The summed E-state index contributed by atoms with van der Waals surface area (Å²) in [6.45, 7) is 2.32. The van der Waals surface area contributed by atoms with Crippen LogP contribution in [0.15, 0.2) is 18.2 Å². The Kier molecular flexibility index (Phi) is 2.83. The SMILES string of the molecule is O=C(O)C1CNCC1c1ccc2c(c1)OCCO2. The molecule has 1 saturated heterocycles. The average Bonchev–Trinajstić information content (AvgIpc) is 2.87. The summed E-state index contributed by atoms with van der Waals surface area (Å²) in [5.41, 5.74) is 0.997. The predicted molar refractivity (Wildman–Crippen MR) is 64.2 cm³/mol. The van der Waals surface area contributed by atoms with Gasteiger partial charge in [0, 0.05) is 19.0 Å². The van der Waals surface area contributed by atoms with Crippen LogP contribution < -0.4 is 14.8 Å². The van der Waals surface area contributed by atoms with Crippen LogP contribution in [0.4, 0.5) is 0 Å². The summed E-state index contributed by atoms with van der Waals surface area (Å²) >= 11 is 0. The lowest BCUT2D eigenvalue weighted by Gasteiger charge is -2.21. The van der Waals surface area contributed by atoms with Gasteiger partial charge in [-0.3, -0.25) is 4.79 Å². The second-order valence-electron chi connectivity index (χ2n) is 4.61. The van der Waals surface area contributed by atoms with Gasteiger partial charge in [0.05, 0.1) is 5.92 Å². The van der Waals surface area contributed by atoms with Gasteiger partial charge in [0.1, 0.15) is 13.2 Å². The lowest BCUT2D eigenvalue weighted by molar-refractivity contribution is -0.141. The summed E-state index contributed by atoms with van der Waals surface area (Å²) in [4.78, 5) is 11.2. The second-order valence-corrected chi connectivity index (χ2v) is 4.61. The maximum Gasteiger partial charge on any atom is 0.308 e. The van der Waals surface area contributed by atoms with Crippen LogP contribution in [0.5, 0.6) is 11.5 Å². The minimum absolute atomic E-state index is 0.00155. The second kappa shape index (κ2) is 4.49.